The summed E-state index contributed by atoms with van der Waals surface area (Å²) in [7, 11) is -3.40. The molecule has 0 unspecified atom stereocenters. The molecule has 2 saturated carbocycles. The van der Waals surface area contributed by atoms with Gasteiger partial charge < -0.3 is 9.88 Å². The molecule has 0 amide bonds. The Kier molecular flexibility index (Phi) is 3.66. The highest BCUT2D eigenvalue weighted by Gasteiger charge is 2.41. The number of rotatable bonds is 7. The number of nitrogens with one attached hydrogen (secondary N) is 2. The van der Waals surface area contributed by atoms with E-state index < -0.39 is 10.0 Å². The van der Waals surface area contributed by atoms with Gasteiger partial charge in [-0.2, -0.15) is 0 Å². The van der Waals surface area contributed by atoms with Crippen LogP contribution in [0.25, 0.3) is 0 Å². The average molecular weight is 311 g/mol. The summed E-state index contributed by atoms with van der Waals surface area (Å²) < 4.78 is 29.9. The Bertz CT molecular complexity index is 625. The second-order valence-electron chi connectivity index (χ2n) is 7.01. The van der Waals surface area contributed by atoms with E-state index in [4.69, 9.17) is 0 Å². The van der Waals surface area contributed by atoms with Gasteiger partial charge in [-0.1, -0.05) is 13.8 Å². The summed E-state index contributed by atoms with van der Waals surface area (Å²) in [5, 5.41) is 3.37. The van der Waals surface area contributed by atoms with Gasteiger partial charge in [-0.05, 0) is 38.7 Å². The van der Waals surface area contributed by atoms with E-state index in [0.29, 0.717) is 23.5 Å². The Labute approximate surface area is 127 Å². The molecule has 1 heterocycles. The molecule has 0 aromatic carbocycles. The van der Waals surface area contributed by atoms with Gasteiger partial charge in [-0.15, -0.1) is 0 Å². The van der Waals surface area contributed by atoms with Crippen LogP contribution in [0.4, 0.5) is 0 Å². The third kappa shape index (κ3) is 3.49. The van der Waals surface area contributed by atoms with Crippen LogP contribution in [-0.4, -0.2) is 24.6 Å². The van der Waals surface area contributed by atoms with Crippen molar-refractivity contribution in [2.75, 3.05) is 0 Å². The van der Waals surface area contributed by atoms with Gasteiger partial charge in [-0.25, -0.2) is 13.1 Å². The molecule has 118 valence electrons. The first-order chi connectivity index (χ1) is 9.79. The van der Waals surface area contributed by atoms with Crippen LogP contribution in [-0.2, 0) is 16.6 Å². The third-order valence-electron chi connectivity index (χ3n) is 4.23. The largest absolute Gasteiger partial charge is 0.346 e. The highest BCUT2D eigenvalue weighted by molar-refractivity contribution is 7.89. The molecular weight excluding hydrogens is 286 g/mol. The van der Waals surface area contributed by atoms with E-state index in [0.717, 1.165) is 31.4 Å². The monoisotopic (exact) mass is 311 g/mol. The molecule has 2 aliphatic carbocycles. The molecule has 0 radical (unpaired) electrons. The number of hydrogen-bond donors (Lipinski definition) is 2. The Morgan fingerprint density at radius 1 is 1.38 bits per heavy atom. The van der Waals surface area contributed by atoms with Crippen LogP contribution in [0.5, 0.6) is 0 Å². The summed E-state index contributed by atoms with van der Waals surface area (Å²) in [6, 6.07) is 2.69. The fourth-order valence-corrected chi connectivity index (χ4v) is 3.97. The molecule has 21 heavy (non-hydrogen) atoms. The minimum absolute atomic E-state index is 0.225. The Morgan fingerprint density at radius 2 is 2.05 bits per heavy atom. The quantitative estimate of drug-likeness (QED) is 0.811. The fourth-order valence-electron chi connectivity index (χ4n) is 2.46. The SMILES string of the molecule is CC(C)NCc1cc(S(=O)(=O)NC2(C)CC2)cn1C1CC1. The first kappa shape index (κ1) is 15.1. The smallest absolute Gasteiger partial charge is 0.242 e. The van der Waals surface area contributed by atoms with Crippen molar-refractivity contribution in [3.05, 3.63) is 18.0 Å². The molecule has 0 spiro atoms. The van der Waals surface area contributed by atoms with Gasteiger partial charge in [0, 0.05) is 36.1 Å². The lowest BCUT2D eigenvalue weighted by Gasteiger charge is -2.10. The van der Waals surface area contributed by atoms with Crippen LogP contribution in [0.2, 0.25) is 0 Å². The lowest BCUT2D eigenvalue weighted by molar-refractivity contribution is 0.556. The second-order valence-corrected chi connectivity index (χ2v) is 8.69. The number of sulfonamides is 1. The summed E-state index contributed by atoms with van der Waals surface area (Å²) in [4.78, 5) is 0.406. The van der Waals surface area contributed by atoms with Crippen LogP contribution in [0.15, 0.2) is 17.2 Å². The molecule has 0 saturated heterocycles. The average Bonchev–Trinajstić information content (AvgIpc) is 3.28. The van der Waals surface area contributed by atoms with E-state index in [1.54, 1.807) is 0 Å². The zero-order valence-electron chi connectivity index (χ0n) is 13.0. The summed E-state index contributed by atoms with van der Waals surface area (Å²) in [6.45, 7) is 6.86. The first-order valence-corrected chi connectivity index (χ1v) is 9.25. The van der Waals surface area contributed by atoms with Gasteiger partial charge >= 0.3 is 0 Å². The van der Waals surface area contributed by atoms with Crippen molar-refractivity contribution < 1.29 is 8.42 Å². The zero-order valence-corrected chi connectivity index (χ0v) is 13.8. The standard InChI is InChI=1S/C15H25N3O2S/c1-11(2)16-9-13-8-14(10-18(13)12-4-5-12)21(19,20)17-15(3)6-7-15/h8,10-12,16-17H,4-7,9H2,1-3H3. The molecule has 1 aromatic rings. The van der Waals surface area contributed by atoms with Gasteiger partial charge in [0.2, 0.25) is 10.0 Å². The molecule has 0 atom stereocenters. The van der Waals surface area contributed by atoms with Gasteiger partial charge in [-0.3, -0.25) is 0 Å². The van der Waals surface area contributed by atoms with Gasteiger partial charge in [0.1, 0.15) is 0 Å². The van der Waals surface area contributed by atoms with Crippen molar-refractivity contribution in [1.29, 1.82) is 0 Å². The van der Waals surface area contributed by atoms with E-state index >= 15 is 0 Å². The van der Waals surface area contributed by atoms with E-state index in [2.05, 4.69) is 28.5 Å². The van der Waals surface area contributed by atoms with Crippen molar-refractivity contribution in [3.8, 4) is 0 Å². The van der Waals surface area contributed by atoms with Crippen molar-refractivity contribution in [1.82, 2.24) is 14.6 Å². The Hall–Kier alpha value is -0.850. The fraction of sp³-hybridized carbons (Fsp3) is 0.733. The minimum atomic E-state index is -3.40. The van der Waals surface area contributed by atoms with E-state index in [-0.39, 0.29) is 5.54 Å². The lowest BCUT2D eigenvalue weighted by Crippen LogP contribution is -2.34. The number of nitrogens with zero attached hydrogens (tertiary/aromatic N) is 1. The molecule has 0 aliphatic heterocycles. The third-order valence-corrected chi connectivity index (χ3v) is 5.83. The summed E-state index contributed by atoms with van der Waals surface area (Å²) in [5.74, 6) is 0. The first-order valence-electron chi connectivity index (χ1n) is 7.77. The van der Waals surface area contributed by atoms with Gasteiger partial charge in [0.25, 0.3) is 0 Å². The maximum atomic E-state index is 12.5. The van der Waals surface area contributed by atoms with Crippen molar-refractivity contribution in [3.63, 3.8) is 0 Å². The summed E-state index contributed by atoms with van der Waals surface area (Å²) in [5.41, 5.74) is 0.837. The molecule has 0 bridgehead atoms. The van der Waals surface area contributed by atoms with Crippen molar-refractivity contribution in [2.45, 2.75) is 75.5 Å². The molecule has 5 nitrogen and oxygen atoms in total. The number of aromatic nitrogens is 1. The van der Waals surface area contributed by atoms with Crippen LogP contribution in [0.3, 0.4) is 0 Å². The van der Waals surface area contributed by atoms with Crippen LogP contribution in [0.1, 0.15) is 58.2 Å². The van der Waals surface area contributed by atoms with Crippen molar-refractivity contribution in [2.24, 2.45) is 0 Å². The lowest BCUT2D eigenvalue weighted by atomic mass is 10.3. The van der Waals surface area contributed by atoms with E-state index in [1.807, 2.05) is 19.2 Å². The van der Waals surface area contributed by atoms with Crippen LogP contribution >= 0.6 is 0 Å². The highest BCUT2D eigenvalue weighted by Crippen LogP contribution is 2.39. The molecule has 6 heteroatoms. The molecule has 2 fully saturated rings. The molecular formula is C15H25N3O2S. The van der Waals surface area contributed by atoms with E-state index in [1.165, 1.54) is 0 Å². The predicted octanol–water partition coefficient (Wildman–Crippen LogP) is 2.15. The zero-order chi connectivity index (χ0) is 15.3. The minimum Gasteiger partial charge on any atom is -0.346 e. The predicted molar refractivity (Wildman–Crippen MR) is 82.6 cm³/mol. The summed E-state index contributed by atoms with van der Waals surface area (Å²) in [6.07, 6.45) is 5.96. The highest BCUT2D eigenvalue weighted by atomic mass is 32.2. The Balaban J connectivity index is 1.83. The second kappa shape index (κ2) is 5.11. The number of hydrogen-bond acceptors (Lipinski definition) is 3. The molecule has 1 aromatic heterocycles. The molecule has 3 rings (SSSR count). The van der Waals surface area contributed by atoms with Crippen molar-refractivity contribution >= 4 is 10.0 Å². The molecule has 2 N–H and O–H groups in total. The van der Waals surface area contributed by atoms with Gasteiger partial charge in [0.15, 0.2) is 0 Å². The topological polar surface area (TPSA) is 63.1 Å². The Morgan fingerprint density at radius 3 is 2.57 bits per heavy atom. The maximum Gasteiger partial charge on any atom is 0.242 e. The van der Waals surface area contributed by atoms with Crippen LogP contribution < -0.4 is 10.0 Å². The molecule has 2 aliphatic rings. The van der Waals surface area contributed by atoms with Gasteiger partial charge in [0.05, 0.1) is 4.90 Å². The van der Waals surface area contributed by atoms with Crippen LogP contribution in [0, 0.1) is 0 Å². The van der Waals surface area contributed by atoms with E-state index in [9.17, 15) is 8.42 Å². The summed E-state index contributed by atoms with van der Waals surface area (Å²) >= 11 is 0. The maximum absolute atomic E-state index is 12.5. The normalized spacial score (nSPS) is 21.0.